The van der Waals surface area contributed by atoms with E-state index in [1.54, 1.807) is 29.5 Å². The second kappa shape index (κ2) is 9.58. The largest absolute Gasteiger partial charge is 0.496 e. The van der Waals surface area contributed by atoms with Gasteiger partial charge in [0.15, 0.2) is 6.61 Å². The molecule has 2 rings (SSSR count). The molecular weight excluding hydrogens is 342 g/mol. The van der Waals surface area contributed by atoms with E-state index in [9.17, 15) is 14.4 Å². The lowest BCUT2D eigenvalue weighted by Crippen LogP contribution is -2.34. The Morgan fingerprint density at radius 2 is 1.92 bits per heavy atom. The Bertz CT molecular complexity index is 727. The lowest BCUT2D eigenvalue weighted by atomic mass is 10.2. The zero-order valence-corrected chi connectivity index (χ0v) is 14.6. The highest BCUT2D eigenvalue weighted by Gasteiger charge is 2.15. The van der Waals surface area contributed by atoms with E-state index in [1.165, 1.54) is 18.1 Å². The van der Waals surface area contributed by atoms with Crippen molar-refractivity contribution >= 4 is 29.1 Å². The molecule has 0 unspecified atom stereocenters. The number of ether oxygens (including phenoxy) is 2. The number of amides is 2. The summed E-state index contributed by atoms with van der Waals surface area (Å²) in [4.78, 5) is 36.6. The van der Waals surface area contributed by atoms with Gasteiger partial charge >= 0.3 is 5.97 Å². The van der Waals surface area contributed by atoms with E-state index in [-0.39, 0.29) is 12.0 Å². The molecule has 1 aromatic carbocycles. The molecule has 2 amide bonds. The monoisotopic (exact) mass is 361 g/mol. The third-order valence-electron chi connectivity index (χ3n) is 3.35. The fourth-order valence-electron chi connectivity index (χ4n) is 2.14. The van der Waals surface area contributed by atoms with Crippen molar-refractivity contribution in [3.63, 3.8) is 0 Å². The summed E-state index contributed by atoms with van der Waals surface area (Å²) < 4.78 is 9.95. The minimum atomic E-state index is -0.678. The van der Waals surface area contributed by atoms with Crippen LogP contribution in [0.4, 0.5) is 0 Å². The van der Waals surface area contributed by atoms with Crippen LogP contribution in [0.25, 0.3) is 0 Å². The second-order valence-corrected chi connectivity index (χ2v) is 6.20. The number of carbonyl (C=O) groups excluding carboxylic acids is 3. The molecule has 2 aromatic rings. The van der Waals surface area contributed by atoms with E-state index in [0.717, 1.165) is 6.42 Å². The number of aryl methyl sites for hydroxylation is 1. The van der Waals surface area contributed by atoms with Crippen LogP contribution < -0.4 is 10.1 Å². The van der Waals surface area contributed by atoms with Crippen LogP contribution in [-0.2, 0) is 20.7 Å². The number of hydrogen-bond donors (Lipinski definition) is 1. The van der Waals surface area contributed by atoms with Gasteiger partial charge in [-0.25, -0.2) is 0 Å². The Morgan fingerprint density at radius 3 is 2.64 bits per heavy atom. The smallest absolute Gasteiger partial charge is 0.306 e. The zero-order chi connectivity index (χ0) is 18.1. The third-order valence-corrected chi connectivity index (χ3v) is 4.29. The first-order valence-electron chi connectivity index (χ1n) is 7.75. The Morgan fingerprint density at radius 1 is 1.12 bits per heavy atom. The summed E-state index contributed by atoms with van der Waals surface area (Å²) in [6, 6.07) is 10.5. The Labute approximate surface area is 149 Å². The van der Waals surface area contributed by atoms with Crippen LogP contribution in [0.1, 0.15) is 28.1 Å². The standard InChI is InChI=1S/C18H19NO5S/c1-23-15-9-3-2-8-14(15)18(22)19-16(20)12-24-17(21)10-4-6-13-7-5-11-25-13/h2-3,5,7-9,11H,4,6,10,12H2,1H3,(H,19,20,22). The van der Waals surface area contributed by atoms with Crippen LogP contribution in [0.2, 0.25) is 0 Å². The average molecular weight is 361 g/mol. The molecule has 0 fully saturated rings. The molecule has 7 heteroatoms. The van der Waals surface area contributed by atoms with Gasteiger partial charge in [-0.3, -0.25) is 19.7 Å². The predicted octanol–water partition coefficient (Wildman–Crippen LogP) is 2.58. The highest BCUT2D eigenvalue weighted by Crippen LogP contribution is 2.16. The summed E-state index contributed by atoms with van der Waals surface area (Å²) >= 11 is 1.64. The van der Waals surface area contributed by atoms with Crippen molar-refractivity contribution in [3.8, 4) is 5.75 Å². The van der Waals surface area contributed by atoms with Crippen molar-refractivity contribution in [2.45, 2.75) is 19.3 Å². The first-order chi connectivity index (χ1) is 12.1. The zero-order valence-electron chi connectivity index (χ0n) is 13.8. The van der Waals surface area contributed by atoms with Crippen LogP contribution in [0, 0.1) is 0 Å². The molecule has 132 valence electrons. The van der Waals surface area contributed by atoms with Crippen LogP contribution in [0.3, 0.4) is 0 Å². The van der Waals surface area contributed by atoms with Crippen molar-refractivity contribution in [1.82, 2.24) is 5.32 Å². The van der Waals surface area contributed by atoms with Gasteiger partial charge in [0.05, 0.1) is 12.7 Å². The molecule has 0 radical (unpaired) electrons. The Hall–Kier alpha value is -2.67. The number of esters is 1. The second-order valence-electron chi connectivity index (χ2n) is 5.17. The average Bonchev–Trinajstić information content (AvgIpc) is 3.13. The molecule has 1 aromatic heterocycles. The minimum Gasteiger partial charge on any atom is -0.496 e. The summed E-state index contributed by atoms with van der Waals surface area (Å²) in [6.45, 7) is -0.487. The SMILES string of the molecule is COc1ccccc1C(=O)NC(=O)COC(=O)CCCc1cccs1. The van der Waals surface area contributed by atoms with E-state index < -0.39 is 24.4 Å². The molecule has 0 aliphatic carbocycles. The van der Waals surface area contributed by atoms with Gasteiger partial charge in [-0.05, 0) is 36.4 Å². The molecule has 1 heterocycles. The topological polar surface area (TPSA) is 81.7 Å². The predicted molar refractivity (Wildman–Crippen MR) is 93.7 cm³/mol. The number of thiophene rings is 1. The fraction of sp³-hybridized carbons (Fsp3) is 0.278. The maximum atomic E-state index is 12.0. The van der Waals surface area contributed by atoms with Crippen LogP contribution in [-0.4, -0.2) is 31.5 Å². The first-order valence-corrected chi connectivity index (χ1v) is 8.63. The molecule has 0 saturated carbocycles. The van der Waals surface area contributed by atoms with Gasteiger partial charge in [-0.2, -0.15) is 0 Å². The van der Waals surface area contributed by atoms with Gasteiger partial charge < -0.3 is 9.47 Å². The van der Waals surface area contributed by atoms with Gasteiger partial charge in [-0.15, -0.1) is 11.3 Å². The molecule has 25 heavy (non-hydrogen) atoms. The van der Waals surface area contributed by atoms with Crippen molar-refractivity contribution in [1.29, 1.82) is 0 Å². The lowest BCUT2D eigenvalue weighted by Gasteiger charge is -2.08. The van der Waals surface area contributed by atoms with Crippen molar-refractivity contribution in [3.05, 3.63) is 52.2 Å². The maximum absolute atomic E-state index is 12.0. The van der Waals surface area contributed by atoms with E-state index in [0.29, 0.717) is 12.2 Å². The highest BCUT2D eigenvalue weighted by atomic mass is 32.1. The van der Waals surface area contributed by atoms with Gasteiger partial charge in [-0.1, -0.05) is 18.2 Å². The summed E-state index contributed by atoms with van der Waals surface area (Å²) in [5, 5.41) is 4.15. The number of benzene rings is 1. The molecule has 0 aliphatic rings. The molecule has 1 N–H and O–H groups in total. The van der Waals surface area contributed by atoms with Gasteiger partial charge in [0.1, 0.15) is 5.75 Å². The number of para-hydroxylation sites is 1. The van der Waals surface area contributed by atoms with E-state index in [2.05, 4.69) is 5.32 Å². The summed E-state index contributed by atoms with van der Waals surface area (Å²) in [6.07, 6.45) is 1.68. The van der Waals surface area contributed by atoms with Crippen LogP contribution >= 0.6 is 11.3 Å². The van der Waals surface area contributed by atoms with Crippen molar-refractivity contribution in [2.75, 3.05) is 13.7 Å². The normalized spacial score (nSPS) is 10.1. The van der Waals surface area contributed by atoms with Crippen molar-refractivity contribution < 1.29 is 23.9 Å². The molecule has 0 spiro atoms. The van der Waals surface area contributed by atoms with Crippen LogP contribution in [0.5, 0.6) is 5.75 Å². The quantitative estimate of drug-likeness (QED) is 0.731. The summed E-state index contributed by atoms with van der Waals surface area (Å²) in [5.41, 5.74) is 0.237. The van der Waals surface area contributed by atoms with Gasteiger partial charge in [0.2, 0.25) is 0 Å². The van der Waals surface area contributed by atoms with E-state index in [1.807, 2.05) is 17.5 Å². The minimum absolute atomic E-state index is 0.228. The maximum Gasteiger partial charge on any atom is 0.306 e. The number of imide groups is 1. The van der Waals surface area contributed by atoms with Gasteiger partial charge in [0.25, 0.3) is 11.8 Å². The molecular formula is C18H19NO5S. The fourth-order valence-corrected chi connectivity index (χ4v) is 2.89. The molecule has 0 atom stereocenters. The van der Waals surface area contributed by atoms with E-state index >= 15 is 0 Å². The number of nitrogens with one attached hydrogen (secondary N) is 1. The summed E-state index contributed by atoms with van der Waals surface area (Å²) in [5.74, 6) is -1.38. The van der Waals surface area contributed by atoms with Crippen molar-refractivity contribution in [2.24, 2.45) is 0 Å². The molecule has 0 saturated heterocycles. The Kier molecular flexibility index (Phi) is 7.16. The number of hydrogen-bond acceptors (Lipinski definition) is 6. The first kappa shape index (κ1) is 18.7. The number of carbonyl (C=O) groups is 3. The number of methoxy groups -OCH3 is 1. The molecule has 6 nitrogen and oxygen atoms in total. The Balaban J connectivity index is 1.70. The third kappa shape index (κ3) is 6.04. The molecule has 0 bridgehead atoms. The summed E-state index contributed by atoms with van der Waals surface area (Å²) in [7, 11) is 1.44. The number of rotatable bonds is 8. The van der Waals surface area contributed by atoms with E-state index in [4.69, 9.17) is 9.47 Å². The van der Waals surface area contributed by atoms with Crippen LogP contribution in [0.15, 0.2) is 41.8 Å². The highest BCUT2D eigenvalue weighted by molar-refractivity contribution is 7.09. The lowest BCUT2D eigenvalue weighted by molar-refractivity contribution is -0.148. The van der Waals surface area contributed by atoms with Gasteiger partial charge in [0, 0.05) is 11.3 Å². The molecule has 0 aliphatic heterocycles.